The molecule has 0 aliphatic carbocycles. The maximum atomic E-state index is 4.13. The number of hydrogen-bond donors (Lipinski definition) is 0. The van der Waals surface area contributed by atoms with Crippen LogP contribution in [0.1, 0.15) is 33.3 Å². The Bertz CT molecular complexity index is 347. The van der Waals surface area contributed by atoms with Gasteiger partial charge in [0.1, 0.15) is 0 Å². The molecular weight excluding hydrogens is 196 g/mol. The Hall–Kier alpha value is -1.57. The van der Waals surface area contributed by atoms with Gasteiger partial charge in [-0.15, -0.1) is 0 Å². The maximum absolute atomic E-state index is 4.13. The van der Waals surface area contributed by atoms with Gasteiger partial charge in [0.2, 0.25) is 0 Å². The number of aryl methyl sites for hydroxylation is 1. The third-order valence-electron chi connectivity index (χ3n) is 1.80. The molecule has 0 amide bonds. The average Bonchev–Trinajstić information content (AvgIpc) is 2.89. The van der Waals surface area contributed by atoms with Crippen molar-refractivity contribution in [1.82, 2.24) is 9.78 Å². The predicted octanol–water partition coefficient (Wildman–Crippen LogP) is 4.23. The Morgan fingerprint density at radius 3 is 1.94 bits per heavy atom. The quantitative estimate of drug-likeness (QED) is 0.700. The molecule has 0 fully saturated rings. The highest BCUT2D eigenvalue weighted by atomic mass is 15.3. The van der Waals surface area contributed by atoms with Gasteiger partial charge in [0.05, 0.1) is 5.69 Å². The average molecular weight is 218 g/mol. The number of rotatable bonds is 1. The molecule has 88 valence electrons. The summed E-state index contributed by atoms with van der Waals surface area (Å²) >= 11 is 0. The van der Waals surface area contributed by atoms with Crippen molar-refractivity contribution in [1.29, 1.82) is 0 Å². The summed E-state index contributed by atoms with van der Waals surface area (Å²) in [6.45, 7) is 10.1. The summed E-state index contributed by atoms with van der Waals surface area (Å²) in [4.78, 5) is 0. The smallest absolute Gasteiger partial charge is 0.0645 e. The van der Waals surface area contributed by atoms with Crippen LogP contribution in [0.5, 0.6) is 0 Å². The van der Waals surface area contributed by atoms with Crippen LogP contribution in [-0.2, 0) is 0 Å². The lowest BCUT2D eigenvalue weighted by atomic mass is 10.2. The van der Waals surface area contributed by atoms with Gasteiger partial charge in [0, 0.05) is 12.4 Å². The Balaban J connectivity index is 0.000000509. The van der Waals surface area contributed by atoms with Crippen LogP contribution in [0.25, 0.3) is 5.69 Å². The first-order chi connectivity index (χ1) is 7.86. The van der Waals surface area contributed by atoms with Crippen molar-refractivity contribution in [3.8, 4) is 5.69 Å². The second-order valence-corrected chi connectivity index (χ2v) is 2.79. The molecule has 1 aromatic heterocycles. The van der Waals surface area contributed by atoms with Crippen LogP contribution < -0.4 is 0 Å². The number of hydrogen-bond acceptors (Lipinski definition) is 1. The lowest BCUT2D eigenvalue weighted by molar-refractivity contribution is 0.880. The molecule has 1 aromatic carbocycles. The molecule has 0 atom stereocenters. The molecule has 0 saturated carbocycles. The largest absolute Gasteiger partial charge is 0.241 e. The second-order valence-electron chi connectivity index (χ2n) is 2.79. The van der Waals surface area contributed by atoms with Crippen LogP contribution in [0.2, 0.25) is 0 Å². The standard InChI is InChI=1S/C10H10N2.2C2H6/c1-9-3-5-10(6-4-9)12-8-2-7-11-12;2*1-2/h2-8H,1H3;2*1-2H3. The van der Waals surface area contributed by atoms with E-state index in [-0.39, 0.29) is 0 Å². The highest BCUT2D eigenvalue weighted by Gasteiger charge is 1.92. The van der Waals surface area contributed by atoms with E-state index in [0.717, 1.165) is 5.69 Å². The Morgan fingerprint density at radius 1 is 0.938 bits per heavy atom. The minimum absolute atomic E-state index is 1.10. The van der Waals surface area contributed by atoms with Crippen LogP contribution in [0.4, 0.5) is 0 Å². The van der Waals surface area contributed by atoms with Crippen molar-refractivity contribution < 1.29 is 0 Å². The van der Waals surface area contributed by atoms with Gasteiger partial charge in [0.25, 0.3) is 0 Å². The highest BCUT2D eigenvalue weighted by Crippen LogP contribution is 2.06. The summed E-state index contributed by atoms with van der Waals surface area (Å²) in [5.74, 6) is 0. The van der Waals surface area contributed by atoms with E-state index in [4.69, 9.17) is 0 Å². The van der Waals surface area contributed by atoms with E-state index in [1.807, 2.05) is 44.6 Å². The van der Waals surface area contributed by atoms with E-state index in [0.29, 0.717) is 0 Å². The number of nitrogens with zero attached hydrogens (tertiary/aromatic N) is 2. The van der Waals surface area contributed by atoms with Crippen LogP contribution in [0, 0.1) is 6.92 Å². The molecule has 2 heteroatoms. The molecule has 16 heavy (non-hydrogen) atoms. The molecule has 0 spiro atoms. The van der Waals surface area contributed by atoms with E-state index < -0.39 is 0 Å². The fourth-order valence-electron chi connectivity index (χ4n) is 1.12. The number of benzene rings is 1. The van der Waals surface area contributed by atoms with Crippen LogP contribution in [-0.4, -0.2) is 9.78 Å². The fraction of sp³-hybridized carbons (Fsp3) is 0.357. The first-order valence-corrected chi connectivity index (χ1v) is 5.93. The van der Waals surface area contributed by atoms with Crippen molar-refractivity contribution in [2.75, 3.05) is 0 Å². The van der Waals surface area contributed by atoms with E-state index in [1.54, 1.807) is 6.20 Å². The SMILES string of the molecule is CC.CC.Cc1ccc(-n2cccn2)cc1. The van der Waals surface area contributed by atoms with Gasteiger partial charge in [0.15, 0.2) is 0 Å². The van der Waals surface area contributed by atoms with E-state index >= 15 is 0 Å². The van der Waals surface area contributed by atoms with Crippen molar-refractivity contribution in [3.63, 3.8) is 0 Å². The molecule has 0 saturated heterocycles. The van der Waals surface area contributed by atoms with Gasteiger partial charge in [-0.05, 0) is 25.1 Å². The molecule has 0 aliphatic rings. The molecule has 2 nitrogen and oxygen atoms in total. The predicted molar refractivity (Wildman–Crippen MR) is 71.0 cm³/mol. The third kappa shape index (κ3) is 4.30. The highest BCUT2D eigenvalue weighted by molar-refractivity contribution is 5.33. The van der Waals surface area contributed by atoms with Gasteiger partial charge in [-0.25, -0.2) is 4.68 Å². The van der Waals surface area contributed by atoms with Crippen LogP contribution in [0.3, 0.4) is 0 Å². The van der Waals surface area contributed by atoms with Crippen LogP contribution >= 0.6 is 0 Å². The first kappa shape index (κ1) is 14.4. The Labute approximate surface area is 98.9 Å². The fourth-order valence-corrected chi connectivity index (χ4v) is 1.12. The van der Waals surface area contributed by atoms with Crippen molar-refractivity contribution >= 4 is 0 Å². The summed E-state index contributed by atoms with van der Waals surface area (Å²) in [6, 6.07) is 10.2. The molecule has 0 bridgehead atoms. The summed E-state index contributed by atoms with van der Waals surface area (Å²) < 4.78 is 1.85. The van der Waals surface area contributed by atoms with E-state index in [9.17, 15) is 0 Å². The third-order valence-corrected chi connectivity index (χ3v) is 1.80. The molecule has 0 N–H and O–H groups in total. The van der Waals surface area contributed by atoms with Gasteiger partial charge in [-0.1, -0.05) is 45.4 Å². The van der Waals surface area contributed by atoms with Crippen molar-refractivity contribution in [2.24, 2.45) is 0 Å². The monoisotopic (exact) mass is 218 g/mol. The van der Waals surface area contributed by atoms with Gasteiger partial charge in [-0.2, -0.15) is 5.10 Å². The molecule has 0 unspecified atom stereocenters. The molecule has 0 radical (unpaired) electrons. The normalized spacial score (nSPS) is 8.31. The second kappa shape index (κ2) is 8.72. The molecule has 2 rings (SSSR count). The Kier molecular flexibility index (Phi) is 7.86. The zero-order valence-electron chi connectivity index (χ0n) is 10.9. The zero-order valence-corrected chi connectivity index (χ0v) is 10.9. The van der Waals surface area contributed by atoms with Gasteiger partial charge >= 0.3 is 0 Å². The summed E-state index contributed by atoms with van der Waals surface area (Å²) in [6.07, 6.45) is 3.71. The van der Waals surface area contributed by atoms with Crippen LogP contribution in [0.15, 0.2) is 42.7 Å². The lowest BCUT2D eigenvalue weighted by Crippen LogP contribution is -1.92. The Morgan fingerprint density at radius 2 is 1.50 bits per heavy atom. The van der Waals surface area contributed by atoms with Gasteiger partial charge < -0.3 is 0 Å². The maximum Gasteiger partial charge on any atom is 0.0645 e. The summed E-state index contributed by atoms with van der Waals surface area (Å²) in [5.41, 5.74) is 2.37. The molecular formula is C14H22N2. The van der Waals surface area contributed by atoms with Crippen molar-refractivity contribution in [2.45, 2.75) is 34.6 Å². The van der Waals surface area contributed by atoms with Gasteiger partial charge in [-0.3, -0.25) is 0 Å². The summed E-state index contributed by atoms with van der Waals surface area (Å²) in [5, 5.41) is 4.13. The molecule has 2 aromatic rings. The summed E-state index contributed by atoms with van der Waals surface area (Å²) in [7, 11) is 0. The molecule has 0 aliphatic heterocycles. The topological polar surface area (TPSA) is 17.8 Å². The lowest BCUT2D eigenvalue weighted by Gasteiger charge is -2.00. The first-order valence-electron chi connectivity index (χ1n) is 5.93. The number of aromatic nitrogens is 2. The zero-order chi connectivity index (χ0) is 12.4. The minimum Gasteiger partial charge on any atom is -0.241 e. The van der Waals surface area contributed by atoms with E-state index in [1.165, 1.54) is 5.56 Å². The molecule has 1 heterocycles. The van der Waals surface area contributed by atoms with E-state index in [2.05, 4.69) is 36.3 Å². The minimum atomic E-state index is 1.10. The van der Waals surface area contributed by atoms with Crippen molar-refractivity contribution in [3.05, 3.63) is 48.3 Å².